The summed E-state index contributed by atoms with van der Waals surface area (Å²) in [6.45, 7) is 0.465. The molecule has 0 aromatic carbocycles. The molecule has 22 heavy (non-hydrogen) atoms. The second kappa shape index (κ2) is 13.7. The number of amides is 1. The monoisotopic (exact) mass is 414 g/mol. The molecule has 1 fully saturated rings. The molecule has 1 aromatic rings. The van der Waals surface area contributed by atoms with E-state index in [2.05, 4.69) is 0 Å². The molecule has 1 aromatic heterocycles. The summed E-state index contributed by atoms with van der Waals surface area (Å²) in [6, 6.07) is 0.708. The highest BCUT2D eigenvalue weighted by molar-refractivity contribution is 7.59. The lowest BCUT2D eigenvalue weighted by molar-refractivity contribution is -0.134. The van der Waals surface area contributed by atoms with Gasteiger partial charge in [0.15, 0.2) is 0 Å². The number of aliphatic hydroxyl groups is 1. The molecular weight excluding hydrogens is 390 g/mol. The Hall–Kier alpha value is 0.300. The maximum absolute atomic E-state index is 13.0. The van der Waals surface area contributed by atoms with Gasteiger partial charge in [-0.2, -0.15) is 38.3 Å². The fourth-order valence-electron chi connectivity index (χ4n) is 1.91. The molecule has 1 aliphatic heterocycles. The number of thiophene rings is 1. The van der Waals surface area contributed by atoms with Crippen molar-refractivity contribution in [2.75, 3.05) is 13.1 Å². The summed E-state index contributed by atoms with van der Waals surface area (Å²) < 4.78 is 13.0. The summed E-state index contributed by atoms with van der Waals surface area (Å²) in [5, 5.41) is 13.5. The molecule has 10 heteroatoms. The van der Waals surface area contributed by atoms with Crippen LogP contribution in [-0.2, 0) is 4.79 Å². The van der Waals surface area contributed by atoms with E-state index in [1.165, 1.54) is 16.2 Å². The standard InChI is InChI=1S/C11H15FN2O2S.CH4.2ClH.2H2S/c12-8-1-3-14(5-8)11(16)9(13)10(15)7-2-4-17-6-7;;;;;/h2,4,6,8-10,15H,1,3,5,13H2;1H4;2*1H;2*1H2/t8-,9-,10+;;;;;/m0...../s1. The minimum Gasteiger partial charge on any atom is -0.386 e. The average Bonchev–Trinajstić information content (AvgIpc) is 2.96. The van der Waals surface area contributed by atoms with Crippen molar-refractivity contribution in [3.63, 3.8) is 0 Å². The van der Waals surface area contributed by atoms with Crippen molar-refractivity contribution in [1.29, 1.82) is 0 Å². The van der Waals surface area contributed by atoms with Crippen LogP contribution < -0.4 is 5.73 Å². The molecule has 0 spiro atoms. The number of carbonyl (C=O) groups excluding carboxylic acids is 1. The lowest BCUT2D eigenvalue weighted by atomic mass is 10.1. The maximum Gasteiger partial charge on any atom is 0.242 e. The molecule has 2 rings (SSSR count). The molecule has 0 saturated carbocycles. The van der Waals surface area contributed by atoms with Crippen LogP contribution in [0.2, 0.25) is 0 Å². The van der Waals surface area contributed by atoms with E-state index in [0.717, 1.165) is 0 Å². The number of aliphatic hydroxyl groups excluding tert-OH is 1. The van der Waals surface area contributed by atoms with Crippen LogP contribution in [0.1, 0.15) is 25.5 Å². The van der Waals surface area contributed by atoms with Crippen LogP contribution in [0, 0.1) is 0 Å². The second-order valence-corrected chi connectivity index (χ2v) is 4.98. The predicted molar refractivity (Wildman–Crippen MR) is 105 cm³/mol. The molecule has 4 nitrogen and oxygen atoms in total. The van der Waals surface area contributed by atoms with Crippen molar-refractivity contribution in [2.45, 2.75) is 32.2 Å². The third kappa shape index (κ3) is 7.25. The number of likely N-dealkylation sites (tertiary alicyclic amines) is 1. The van der Waals surface area contributed by atoms with Crippen molar-refractivity contribution in [3.8, 4) is 0 Å². The zero-order valence-corrected chi connectivity index (χ0v) is 15.5. The first kappa shape index (κ1) is 30.2. The summed E-state index contributed by atoms with van der Waals surface area (Å²) in [5.74, 6) is -0.385. The molecule has 3 N–H and O–H groups in total. The summed E-state index contributed by atoms with van der Waals surface area (Å²) in [6.07, 6.45) is -1.63. The first-order valence-electron chi connectivity index (χ1n) is 5.48. The molecule has 3 atom stereocenters. The van der Waals surface area contributed by atoms with Crippen molar-refractivity contribution in [3.05, 3.63) is 22.4 Å². The van der Waals surface area contributed by atoms with Crippen LogP contribution in [-0.4, -0.2) is 41.2 Å². The number of nitrogens with two attached hydrogens (primary N) is 1. The summed E-state index contributed by atoms with van der Waals surface area (Å²) in [5.41, 5.74) is 6.35. The molecule has 0 aliphatic carbocycles. The van der Waals surface area contributed by atoms with Gasteiger partial charge in [0.25, 0.3) is 0 Å². The van der Waals surface area contributed by atoms with Gasteiger partial charge in [0.05, 0.1) is 6.54 Å². The van der Waals surface area contributed by atoms with Gasteiger partial charge in [0.2, 0.25) is 5.91 Å². The number of halogens is 3. The molecule has 0 bridgehead atoms. The first-order chi connectivity index (χ1) is 8.09. The van der Waals surface area contributed by atoms with Crippen molar-refractivity contribution >= 4 is 69.0 Å². The quantitative estimate of drug-likeness (QED) is 0.797. The van der Waals surface area contributed by atoms with Crippen molar-refractivity contribution in [2.24, 2.45) is 5.73 Å². The highest BCUT2D eigenvalue weighted by Crippen LogP contribution is 2.21. The van der Waals surface area contributed by atoms with Crippen LogP contribution in [0.15, 0.2) is 16.8 Å². The van der Waals surface area contributed by atoms with Crippen LogP contribution in [0.4, 0.5) is 4.39 Å². The van der Waals surface area contributed by atoms with Gasteiger partial charge in [0, 0.05) is 6.54 Å². The number of carbonyl (C=O) groups is 1. The Labute approximate surface area is 161 Å². The van der Waals surface area contributed by atoms with Crippen molar-refractivity contribution < 1.29 is 14.3 Å². The minimum atomic E-state index is -1.02. The third-order valence-corrected chi connectivity index (χ3v) is 3.65. The van der Waals surface area contributed by atoms with Gasteiger partial charge < -0.3 is 15.7 Å². The molecule has 0 unspecified atom stereocenters. The molecule has 1 amide bonds. The molecule has 0 radical (unpaired) electrons. The zero-order chi connectivity index (χ0) is 12.4. The zero-order valence-electron chi connectivity index (χ0n) is 11.1. The maximum atomic E-state index is 13.0. The van der Waals surface area contributed by atoms with Gasteiger partial charge in [-0.1, -0.05) is 7.43 Å². The first-order valence-corrected chi connectivity index (χ1v) is 6.42. The fourth-order valence-corrected chi connectivity index (χ4v) is 2.60. The van der Waals surface area contributed by atoms with E-state index in [1.807, 2.05) is 5.38 Å². The topological polar surface area (TPSA) is 66.6 Å². The van der Waals surface area contributed by atoms with Gasteiger partial charge >= 0.3 is 0 Å². The van der Waals surface area contributed by atoms with Crippen LogP contribution in [0.25, 0.3) is 0 Å². The van der Waals surface area contributed by atoms with E-state index >= 15 is 0 Å². The summed E-state index contributed by atoms with van der Waals surface area (Å²) in [7, 11) is 0. The highest BCUT2D eigenvalue weighted by atomic mass is 35.5. The van der Waals surface area contributed by atoms with Gasteiger partial charge in [-0.3, -0.25) is 4.79 Å². The van der Waals surface area contributed by atoms with E-state index in [1.54, 1.807) is 11.4 Å². The predicted octanol–water partition coefficient (Wildman–Crippen LogP) is 2.38. The van der Waals surface area contributed by atoms with E-state index < -0.39 is 18.3 Å². The van der Waals surface area contributed by atoms with E-state index in [4.69, 9.17) is 5.73 Å². The second-order valence-electron chi connectivity index (χ2n) is 4.20. The van der Waals surface area contributed by atoms with Crippen LogP contribution in [0.3, 0.4) is 0 Å². The summed E-state index contributed by atoms with van der Waals surface area (Å²) in [4.78, 5) is 13.3. The smallest absolute Gasteiger partial charge is 0.242 e. The average molecular weight is 415 g/mol. The Morgan fingerprint density at radius 1 is 1.45 bits per heavy atom. The molecular formula is C12H25Cl2FN2O2S3. The number of alkyl halides is 1. The van der Waals surface area contributed by atoms with Gasteiger partial charge in [-0.05, 0) is 28.8 Å². The van der Waals surface area contributed by atoms with Gasteiger partial charge in [0.1, 0.15) is 18.3 Å². The number of hydrogen-bond donors (Lipinski definition) is 2. The fraction of sp³-hybridized carbons (Fsp3) is 0.583. The summed E-state index contributed by atoms with van der Waals surface area (Å²) >= 11 is 1.43. The Morgan fingerprint density at radius 3 is 2.45 bits per heavy atom. The Kier molecular flexibility index (Phi) is 18.8. The number of nitrogens with zero attached hydrogens (tertiary/aromatic N) is 1. The van der Waals surface area contributed by atoms with Crippen LogP contribution in [0.5, 0.6) is 0 Å². The molecule has 1 saturated heterocycles. The lowest BCUT2D eigenvalue weighted by Crippen LogP contribution is -2.46. The minimum absolute atomic E-state index is 0. The molecule has 134 valence electrons. The molecule has 1 aliphatic rings. The number of hydrogen-bond acceptors (Lipinski definition) is 4. The van der Waals surface area contributed by atoms with Gasteiger partial charge in [-0.15, -0.1) is 24.8 Å². The third-order valence-electron chi connectivity index (χ3n) is 2.95. The Morgan fingerprint density at radius 2 is 2.05 bits per heavy atom. The lowest BCUT2D eigenvalue weighted by Gasteiger charge is -2.23. The largest absolute Gasteiger partial charge is 0.386 e. The van der Waals surface area contributed by atoms with E-state index in [-0.39, 0.29) is 71.7 Å². The normalized spacial score (nSPS) is 18.3. The SMILES string of the molecule is C.Cl.Cl.N[C@H](C(=O)N1CC[C@H](F)C1)[C@H](O)c1ccsc1.S.S. The molecule has 2 heterocycles. The van der Waals surface area contributed by atoms with E-state index in [0.29, 0.717) is 18.5 Å². The van der Waals surface area contributed by atoms with Crippen LogP contribution >= 0.6 is 63.1 Å². The Bertz CT molecular complexity index is 402. The highest BCUT2D eigenvalue weighted by Gasteiger charge is 2.32. The number of rotatable bonds is 3. The van der Waals surface area contributed by atoms with Gasteiger partial charge in [-0.25, -0.2) is 4.39 Å². The Balaban J connectivity index is -0.000000324. The van der Waals surface area contributed by atoms with Crippen molar-refractivity contribution in [1.82, 2.24) is 4.90 Å². The van der Waals surface area contributed by atoms with E-state index in [9.17, 15) is 14.3 Å².